The Morgan fingerprint density at radius 3 is 2.37 bits per heavy atom. The fourth-order valence-corrected chi connectivity index (χ4v) is 7.38. The lowest BCUT2D eigenvalue weighted by atomic mass is 9.79. The Morgan fingerprint density at radius 1 is 1.14 bits per heavy atom. The molecule has 0 amide bonds. The summed E-state index contributed by atoms with van der Waals surface area (Å²) >= 11 is 1.43. The number of carboxylic acid groups (broad SMARTS) is 1. The normalized spacial score (nSPS) is 16.6. The molecule has 8 heteroatoms. The number of carbonyl (C=O) groups is 1. The zero-order valence-corrected chi connectivity index (χ0v) is 22.3. The molecule has 1 aliphatic rings. The van der Waals surface area contributed by atoms with E-state index in [0.717, 1.165) is 61.4 Å². The van der Waals surface area contributed by atoms with E-state index >= 15 is 0 Å². The summed E-state index contributed by atoms with van der Waals surface area (Å²) in [6, 6.07) is 13.4. The second-order valence-corrected chi connectivity index (χ2v) is 11.9. The molecule has 0 atom stereocenters. The Kier molecular flexibility index (Phi) is 9.30. The van der Waals surface area contributed by atoms with E-state index in [9.17, 15) is 13.2 Å². The highest BCUT2D eigenvalue weighted by Gasteiger charge is 2.42. The first-order chi connectivity index (χ1) is 16.7. The van der Waals surface area contributed by atoms with Crippen molar-refractivity contribution in [2.45, 2.75) is 62.2 Å². The number of nitrogens with zero attached hydrogens (tertiary/aromatic N) is 1. The zero-order valence-electron chi connectivity index (χ0n) is 20.7. The summed E-state index contributed by atoms with van der Waals surface area (Å²) in [5, 5.41) is 8.92. The predicted octanol–water partition coefficient (Wildman–Crippen LogP) is 6.68. The Labute approximate surface area is 213 Å². The third-order valence-corrected chi connectivity index (χ3v) is 9.20. The molecule has 1 N–H and O–H groups in total. The number of anilines is 2. The Morgan fingerprint density at radius 2 is 1.80 bits per heavy atom. The molecule has 0 aromatic heterocycles. The fraction of sp³-hybridized carbons (Fsp3) is 0.444. The van der Waals surface area contributed by atoms with Crippen LogP contribution in [0.2, 0.25) is 0 Å². The molecule has 2 aromatic carbocycles. The lowest BCUT2D eigenvalue weighted by molar-refractivity contribution is -0.131. The topological polar surface area (TPSA) is 83.9 Å². The van der Waals surface area contributed by atoms with Crippen LogP contribution >= 0.6 is 11.8 Å². The number of aliphatic carboxylic acids is 1. The fourth-order valence-electron chi connectivity index (χ4n) is 4.72. The summed E-state index contributed by atoms with van der Waals surface area (Å²) in [7, 11) is -3.65. The molecule has 0 saturated carbocycles. The zero-order chi connectivity index (χ0) is 25.5. The number of fused-ring (bicyclic) bond motifs is 1. The lowest BCUT2D eigenvalue weighted by Crippen LogP contribution is -2.38. The highest BCUT2D eigenvalue weighted by molar-refractivity contribution is 7.98. The lowest BCUT2D eigenvalue weighted by Gasteiger charge is -2.37. The summed E-state index contributed by atoms with van der Waals surface area (Å²) in [6.07, 6.45) is 9.52. The highest BCUT2D eigenvalue weighted by atomic mass is 32.2. The van der Waals surface area contributed by atoms with Crippen LogP contribution in [0, 0.1) is 5.41 Å². The van der Waals surface area contributed by atoms with Crippen LogP contribution < -0.4 is 9.64 Å². The third kappa shape index (κ3) is 6.61. The van der Waals surface area contributed by atoms with Gasteiger partial charge in [0.05, 0.1) is 33.6 Å². The van der Waals surface area contributed by atoms with E-state index in [1.54, 1.807) is 6.07 Å². The summed E-state index contributed by atoms with van der Waals surface area (Å²) in [5.41, 5.74) is 1.23. The molecular weight excluding hydrogens is 482 g/mol. The molecular formula is C27H35NO5S2. The molecule has 190 valence electrons. The van der Waals surface area contributed by atoms with Gasteiger partial charge < -0.3 is 14.7 Å². The van der Waals surface area contributed by atoms with E-state index in [1.165, 1.54) is 11.8 Å². The molecule has 1 aliphatic heterocycles. The maximum absolute atomic E-state index is 13.9. The van der Waals surface area contributed by atoms with Crippen molar-refractivity contribution in [3.05, 3.63) is 54.8 Å². The van der Waals surface area contributed by atoms with E-state index in [4.69, 9.17) is 9.84 Å². The van der Waals surface area contributed by atoms with Gasteiger partial charge in [-0.1, -0.05) is 57.7 Å². The number of ether oxygens (including phenoxy) is 1. The maximum Gasteiger partial charge on any atom is 0.331 e. The summed E-state index contributed by atoms with van der Waals surface area (Å²) in [5.74, 6) is -0.718. The number of unbranched alkanes of at least 4 members (excludes halogenated alkanes) is 2. The molecule has 0 bridgehead atoms. The number of para-hydroxylation sites is 1. The number of benzene rings is 2. The van der Waals surface area contributed by atoms with Gasteiger partial charge in [0, 0.05) is 23.7 Å². The maximum atomic E-state index is 13.9. The second kappa shape index (κ2) is 12.0. The quantitative estimate of drug-likeness (QED) is 0.202. The van der Waals surface area contributed by atoms with Gasteiger partial charge in [0.1, 0.15) is 5.75 Å². The average Bonchev–Trinajstić information content (AvgIpc) is 2.93. The minimum atomic E-state index is -3.65. The van der Waals surface area contributed by atoms with Crippen molar-refractivity contribution in [1.82, 2.24) is 0 Å². The first kappa shape index (κ1) is 27.1. The van der Waals surface area contributed by atoms with Gasteiger partial charge in [0.2, 0.25) is 0 Å². The van der Waals surface area contributed by atoms with Gasteiger partial charge in [-0.25, -0.2) is 13.2 Å². The number of hydrogen-bond acceptors (Lipinski definition) is 6. The van der Waals surface area contributed by atoms with Crippen LogP contribution in [0.15, 0.2) is 64.6 Å². The second-order valence-electron chi connectivity index (χ2n) is 9.12. The summed E-state index contributed by atoms with van der Waals surface area (Å²) < 4.78 is 33.5. The van der Waals surface area contributed by atoms with E-state index < -0.39 is 15.8 Å². The van der Waals surface area contributed by atoms with Crippen molar-refractivity contribution < 1.29 is 23.1 Å². The minimum absolute atomic E-state index is 0.0827. The molecule has 0 unspecified atom stereocenters. The number of carboxylic acids is 1. The van der Waals surface area contributed by atoms with Crippen molar-refractivity contribution in [2.24, 2.45) is 5.41 Å². The predicted molar refractivity (Wildman–Crippen MR) is 143 cm³/mol. The van der Waals surface area contributed by atoms with Gasteiger partial charge in [-0.3, -0.25) is 0 Å². The van der Waals surface area contributed by atoms with Gasteiger partial charge in [0.25, 0.3) is 0 Å². The Balaban J connectivity index is 2.22. The monoisotopic (exact) mass is 517 g/mol. The van der Waals surface area contributed by atoms with Crippen LogP contribution in [-0.4, -0.2) is 38.0 Å². The molecule has 0 radical (unpaired) electrons. The van der Waals surface area contributed by atoms with E-state index in [2.05, 4.69) is 18.7 Å². The molecule has 0 fully saturated rings. The van der Waals surface area contributed by atoms with Crippen LogP contribution in [0.5, 0.6) is 5.75 Å². The van der Waals surface area contributed by atoms with Crippen LogP contribution in [0.25, 0.3) is 0 Å². The molecule has 1 heterocycles. The number of hydrogen-bond donors (Lipinski definition) is 1. The van der Waals surface area contributed by atoms with Crippen LogP contribution in [0.3, 0.4) is 0 Å². The van der Waals surface area contributed by atoms with Gasteiger partial charge in [-0.2, -0.15) is 0 Å². The van der Waals surface area contributed by atoms with E-state index in [1.807, 2.05) is 42.7 Å². The van der Waals surface area contributed by atoms with Crippen molar-refractivity contribution in [1.29, 1.82) is 0 Å². The number of rotatable bonds is 11. The Hall–Kier alpha value is -2.45. The van der Waals surface area contributed by atoms with E-state index in [0.29, 0.717) is 18.0 Å². The molecule has 35 heavy (non-hydrogen) atoms. The van der Waals surface area contributed by atoms with Crippen LogP contribution in [-0.2, 0) is 14.6 Å². The largest absolute Gasteiger partial charge is 0.478 e. The SMILES string of the molecule is CCCCC1(CCCC)CN(c2ccccc2)c2cc(SC)c(O/C=C\C(=O)O)cc2S(=O)(=O)C1. The number of thioether (sulfide) groups is 1. The highest BCUT2D eigenvalue weighted by Crippen LogP contribution is 2.47. The van der Waals surface area contributed by atoms with Crippen LogP contribution in [0.4, 0.5) is 11.4 Å². The van der Waals surface area contributed by atoms with Crippen LogP contribution in [0.1, 0.15) is 52.4 Å². The molecule has 6 nitrogen and oxygen atoms in total. The van der Waals surface area contributed by atoms with Crippen molar-refractivity contribution in [3.8, 4) is 5.75 Å². The van der Waals surface area contributed by atoms with Gasteiger partial charge >= 0.3 is 5.97 Å². The Bertz CT molecular complexity index is 1140. The smallest absolute Gasteiger partial charge is 0.331 e. The van der Waals surface area contributed by atoms with Gasteiger partial charge in [-0.05, 0) is 37.3 Å². The summed E-state index contributed by atoms with van der Waals surface area (Å²) in [4.78, 5) is 14.0. The van der Waals surface area contributed by atoms with E-state index in [-0.39, 0.29) is 16.1 Å². The minimum Gasteiger partial charge on any atom is -0.478 e. The molecule has 0 aliphatic carbocycles. The molecule has 2 aromatic rings. The standard InChI is InChI=1S/C27H35NO5S2/c1-4-6-14-27(15-7-5-2)19-28(21-11-9-8-10-12-21)22-17-24(34-3)23(33-16-13-26(29)30)18-25(22)35(31,32)20-27/h8-13,16-18H,4-7,14-15,19-20H2,1-3H3,(H,29,30)/b16-13-. The first-order valence-electron chi connectivity index (χ1n) is 12.1. The number of sulfone groups is 1. The van der Waals surface area contributed by atoms with Crippen molar-refractivity contribution in [2.75, 3.05) is 23.5 Å². The molecule has 0 saturated heterocycles. The molecule has 3 rings (SSSR count). The van der Waals surface area contributed by atoms with Gasteiger partial charge in [0.15, 0.2) is 9.84 Å². The first-order valence-corrected chi connectivity index (χ1v) is 15.0. The molecule has 0 spiro atoms. The van der Waals surface area contributed by atoms with Crippen molar-refractivity contribution in [3.63, 3.8) is 0 Å². The van der Waals surface area contributed by atoms with Gasteiger partial charge in [-0.15, -0.1) is 11.8 Å². The van der Waals surface area contributed by atoms with Crippen molar-refractivity contribution >= 4 is 38.9 Å². The summed E-state index contributed by atoms with van der Waals surface area (Å²) in [6.45, 7) is 4.90. The third-order valence-electron chi connectivity index (χ3n) is 6.46. The average molecular weight is 518 g/mol.